The van der Waals surface area contributed by atoms with Gasteiger partial charge in [-0.25, -0.2) is 9.18 Å². The fraction of sp³-hybridized carbons (Fsp3) is 0.231. The van der Waals surface area contributed by atoms with E-state index in [-0.39, 0.29) is 6.42 Å². The molecule has 6 nitrogen and oxygen atoms in total. The quantitative estimate of drug-likeness (QED) is 0.933. The van der Waals surface area contributed by atoms with E-state index in [2.05, 4.69) is 0 Å². The maximum absolute atomic E-state index is 13.3. The highest BCUT2D eigenvalue weighted by Crippen LogP contribution is 2.37. The molecule has 1 aromatic heterocycles. The average Bonchev–Trinajstić information content (AvgIpc) is 2.86. The normalized spacial score (nSPS) is 17.8. The van der Waals surface area contributed by atoms with Crippen LogP contribution in [0.25, 0.3) is 10.9 Å². The fourth-order valence-electron chi connectivity index (χ4n) is 2.56. The van der Waals surface area contributed by atoms with E-state index in [9.17, 15) is 14.0 Å². The summed E-state index contributed by atoms with van der Waals surface area (Å²) in [6, 6.07) is 4.53. The van der Waals surface area contributed by atoms with Crippen molar-refractivity contribution in [3.63, 3.8) is 0 Å². The van der Waals surface area contributed by atoms with Gasteiger partial charge in [-0.1, -0.05) is 0 Å². The van der Waals surface area contributed by atoms with E-state index in [0.717, 1.165) is 5.06 Å². The molecule has 1 atom stereocenters. The predicted octanol–water partition coefficient (Wildman–Crippen LogP) is 2.14. The number of hydroxylamine groups is 2. The molecule has 1 aliphatic rings. The molecule has 1 N–H and O–H groups in total. The van der Waals surface area contributed by atoms with Crippen molar-refractivity contribution in [3.8, 4) is 0 Å². The molecule has 1 amide bonds. The summed E-state index contributed by atoms with van der Waals surface area (Å²) in [7, 11) is 1.29. The highest BCUT2D eigenvalue weighted by Gasteiger charge is 2.40. The van der Waals surface area contributed by atoms with Gasteiger partial charge in [-0.15, -0.1) is 0 Å². The molecule has 2 aromatic rings. The second-order valence-corrected chi connectivity index (χ2v) is 4.51. The number of aliphatic carboxylic acids is 1. The monoisotopic (exact) mass is 278 g/mol. The lowest BCUT2D eigenvalue weighted by Crippen LogP contribution is -2.29. The third-order valence-corrected chi connectivity index (χ3v) is 3.36. The Labute approximate surface area is 112 Å². The van der Waals surface area contributed by atoms with Crippen LogP contribution in [0.5, 0.6) is 0 Å². The number of carboxylic acid groups (broad SMARTS) is 1. The first-order valence-corrected chi connectivity index (χ1v) is 5.93. The number of fused-ring (bicyclic) bond motifs is 3. The van der Waals surface area contributed by atoms with Gasteiger partial charge in [-0.3, -0.25) is 14.2 Å². The Morgan fingerprint density at radius 2 is 2.20 bits per heavy atom. The Bertz CT molecular complexity index is 724. The zero-order valence-corrected chi connectivity index (χ0v) is 10.5. The molecule has 2 heterocycles. The van der Waals surface area contributed by atoms with Crippen molar-refractivity contribution in [1.82, 2.24) is 9.63 Å². The Hall–Kier alpha value is -2.41. The molecule has 0 spiro atoms. The first-order valence-electron chi connectivity index (χ1n) is 5.93. The molecular weight excluding hydrogens is 267 g/mol. The zero-order chi connectivity index (χ0) is 14.4. The van der Waals surface area contributed by atoms with Gasteiger partial charge in [0, 0.05) is 5.39 Å². The molecule has 20 heavy (non-hydrogen) atoms. The van der Waals surface area contributed by atoms with E-state index in [1.165, 1.54) is 23.8 Å². The zero-order valence-electron chi connectivity index (χ0n) is 10.5. The summed E-state index contributed by atoms with van der Waals surface area (Å²) < 4.78 is 14.6. The molecule has 1 aromatic carbocycles. The highest BCUT2D eigenvalue weighted by molar-refractivity contribution is 5.95. The van der Waals surface area contributed by atoms with Crippen LogP contribution in [0.15, 0.2) is 24.3 Å². The van der Waals surface area contributed by atoms with Crippen molar-refractivity contribution in [2.45, 2.75) is 12.5 Å². The van der Waals surface area contributed by atoms with Gasteiger partial charge in [0.1, 0.15) is 11.9 Å². The Morgan fingerprint density at radius 1 is 1.45 bits per heavy atom. The van der Waals surface area contributed by atoms with Crippen LogP contribution in [0.1, 0.15) is 18.2 Å². The molecule has 0 aliphatic carbocycles. The van der Waals surface area contributed by atoms with Crippen molar-refractivity contribution < 1.29 is 23.9 Å². The first-order chi connectivity index (χ1) is 9.52. The largest absolute Gasteiger partial charge is 0.481 e. The molecule has 0 radical (unpaired) electrons. The van der Waals surface area contributed by atoms with Crippen LogP contribution in [0.4, 0.5) is 9.18 Å². The summed E-state index contributed by atoms with van der Waals surface area (Å²) in [6.07, 6.45) is -0.279. The molecule has 3 rings (SSSR count). The Morgan fingerprint density at radius 3 is 2.85 bits per heavy atom. The molecular formula is C13H11FN2O4. The number of carboxylic acids is 1. The Balaban J connectivity index is 2.20. The molecule has 7 heteroatoms. The van der Waals surface area contributed by atoms with Crippen molar-refractivity contribution in [2.24, 2.45) is 0 Å². The summed E-state index contributed by atoms with van der Waals surface area (Å²) in [6.45, 7) is 0. The molecule has 1 unspecified atom stereocenters. The van der Waals surface area contributed by atoms with Crippen molar-refractivity contribution >= 4 is 22.9 Å². The number of halogens is 1. The highest BCUT2D eigenvalue weighted by atomic mass is 19.1. The number of amides is 1. The van der Waals surface area contributed by atoms with Gasteiger partial charge in [0.25, 0.3) is 0 Å². The first kappa shape index (κ1) is 12.6. The van der Waals surface area contributed by atoms with E-state index in [1.807, 2.05) is 0 Å². The number of nitrogens with zero attached hydrogens (tertiary/aromatic N) is 2. The van der Waals surface area contributed by atoms with Gasteiger partial charge >= 0.3 is 12.0 Å². The van der Waals surface area contributed by atoms with Crippen molar-refractivity contribution in [2.75, 3.05) is 7.11 Å². The summed E-state index contributed by atoms with van der Waals surface area (Å²) in [5.74, 6) is -1.51. The smallest absolute Gasteiger partial charge is 0.353 e. The fourth-order valence-corrected chi connectivity index (χ4v) is 2.56. The van der Waals surface area contributed by atoms with Crippen LogP contribution in [-0.4, -0.2) is 33.8 Å². The van der Waals surface area contributed by atoms with Crippen LogP contribution in [-0.2, 0) is 9.63 Å². The van der Waals surface area contributed by atoms with Crippen molar-refractivity contribution in [3.05, 3.63) is 35.8 Å². The van der Waals surface area contributed by atoms with Crippen LogP contribution in [0.2, 0.25) is 0 Å². The minimum absolute atomic E-state index is 0.279. The number of hydrogen-bond acceptors (Lipinski definition) is 3. The molecule has 104 valence electrons. The minimum Gasteiger partial charge on any atom is -0.481 e. The maximum Gasteiger partial charge on any atom is 0.353 e. The second-order valence-electron chi connectivity index (χ2n) is 4.51. The van der Waals surface area contributed by atoms with Gasteiger partial charge in [-0.2, -0.15) is 5.06 Å². The lowest BCUT2D eigenvalue weighted by atomic mass is 10.1. The molecule has 0 bridgehead atoms. The number of hydrogen-bond donors (Lipinski definition) is 1. The minimum atomic E-state index is -1.05. The van der Waals surface area contributed by atoms with Crippen molar-refractivity contribution in [1.29, 1.82) is 0 Å². The molecule has 0 fully saturated rings. The van der Waals surface area contributed by atoms with E-state index >= 15 is 0 Å². The SMILES string of the molecule is CON1C(=O)n2c(cc3ccc(F)cc32)C1CC(=O)O. The van der Waals surface area contributed by atoms with E-state index in [1.54, 1.807) is 12.1 Å². The Kier molecular flexibility index (Phi) is 2.72. The van der Waals surface area contributed by atoms with Gasteiger partial charge < -0.3 is 5.11 Å². The third kappa shape index (κ3) is 1.67. The standard InChI is InChI=1S/C13H11FN2O4/c1-20-16-11(6-12(17)18)10-4-7-2-3-8(14)5-9(7)15(10)13(16)19/h2-5,11H,6H2,1H3,(H,17,18). The molecule has 1 aliphatic heterocycles. The second kappa shape index (κ2) is 4.31. The van der Waals surface area contributed by atoms with E-state index in [0.29, 0.717) is 16.6 Å². The number of carbonyl (C=O) groups excluding carboxylic acids is 1. The van der Waals surface area contributed by atoms with Gasteiger partial charge in [0.05, 0.1) is 24.7 Å². The average molecular weight is 278 g/mol. The maximum atomic E-state index is 13.3. The molecule has 0 saturated heterocycles. The molecule has 0 saturated carbocycles. The number of benzene rings is 1. The summed E-state index contributed by atoms with van der Waals surface area (Å²) in [5.41, 5.74) is 0.889. The van der Waals surface area contributed by atoms with Crippen LogP contribution in [0, 0.1) is 5.82 Å². The van der Waals surface area contributed by atoms with E-state index in [4.69, 9.17) is 9.94 Å². The lowest BCUT2D eigenvalue weighted by molar-refractivity contribution is -0.146. The third-order valence-electron chi connectivity index (χ3n) is 3.36. The predicted molar refractivity (Wildman–Crippen MR) is 66.5 cm³/mol. The van der Waals surface area contributed by atoms with Gasteiger partial charge in [0.2, 0.25) is 0 Å². The topological polar surface area (TPSA) is 71.8 Å². The number of aromatic nitrogens is 1. The number of carbonyl (C=O) groups is 2. The van der Waals surface area contributed by atoms with Crippen LogP contribution >= 0.6 is 0 Å². The number of rotatable bonds is 3. The summed E-state index contributed by atoms with van der Waals surface area (Å²) in [5, 5.41) is 10.6. The van der Waals surface area contributed by atoms with Crippen LogP contribution < -0.4 is 0 Å². The lowest BCUT2D eigenvalue weighted by Gasteiger charge is -2.19. The summed E-state index contributed by atoms with van der Waals surface area (Å²) in [4.78, 5) is 28.2. The van der Waals surface area contributed by atoms with Gasteiger partial charge in [-0.05, 0) is 24.3 Å². The van der Waals surface area contributed by atoms with E-state index < -0.39 is 23.9 Å². The van der Waals surface area contributed by atoms with Gasteiger partial charge in [0.15, 0.2) is 0 Å². The summed E-state index contributed by atoms with van der Waals surface area (Å²) >= 11 is 0. The van der Waals surface area contributed by atoms with Crippen LogP contribution in [0.3, 0.4) is 0 Å².